The molecule has 2 aliphatic rings. The quantitative estimate of drug-likeness (QED) is 0.275. The number of ether oxygens (including phenoxy) is 1. The van der Waals surface area contributed by atoms with Gasteiger partial charge < -0.3 is 19.4 Å². The fourth-order valence-corrected chi connectivity index (χ4v) is 6.71. The van der Waals surface area contributed by atoms with Crippen LogP contribution in [0.25, 0.3) is 0 Å². The number of benzene rings is 1. The van der Waals surface area contributed by atoms with Crippen LogP contribution in [0.2, 0.25) is 13.1 Å². The van der Waals surface area contributed by atoms with Crippen LogP contribution in [-0.4, -0.2) is 69.3 Å². The van der Waals surface area contributed by atoms with E-state index in [1.165, 1.54) is 37.9 Å². The molecule has 0 spiro atoms. The number of methoxy groups -OCH3 is 1. The summed E-state index contributed by atoms with van der Waals surface area (Å²) in [6.45, 7) is 15.9. The molecule has 2 fully saturated rings. The van der Waals surface area contributed by atoms with E-state index >= 15 is 0 Å². The highest BCUT2D eigenvalue weighted by atomic mass is 28.3. The molecule has 0 bridgehead atoms. The third kappa shape index (κ3) is 6.60. The van der Waals surface area contributed by atoms with Gasteiger partial charge in [-0.1, -0.05) is 20.8 Å². The van der Waals surface area contributed by atoms with Crippen LogP contribution in [0.1, 0.15) is 33.6 Å². The van der Waals surface area contributed by atoms with E-state index in [0.717, 1.165) is 31.9 Å². The first-order valence-corrected chi connectivity index (χ1v) is 16.0. The van der Waals surface area contributed by atoms with Crippen molar-refractivity contribution in [3.8, 4) is 5.88 Å². The molecule has 0 saturated carbocycles. The molecule has 9 nitrogen and oxygen atoms in total. The van der Waals surface area contributed by atoms with Crippen LogP contribution in [0.4, 0.5) is 22.7 Å². The second kappa shape index (κ2) is 11.4. The molecule has 1 unspecified atom stereocenters. The van der Waals surface area contributed by atoms with Gasteiger partial charge in [-0.25, -0.2) is 4.98 Å². The maximum atomic E-state index is 11.4. The fourth-order valence-electron chi connectivity index (χ4n) is 5.50. The molecule has 0 aliphatic carbocycles. The minimum atomic E-state index is -1.07. The molecule has 2 aromatic rings. The summed E-state index contributed by atoms with van der Waals surface area (Å²) < 4.78 is 11.6. The van der Waals surface area contributed by atoms with Gasteiger partial charge in [-0.3, -0.25) is 15.0 Å². The van der Waals surface area contributed by atoms with Crippen molar-refractivity contribution >= 4 is 31.8 Å². The Morgan fingerprint density at radius 3 is 2.35 bits per heavy atom. The number of nitro groups is 1. The highest BCUT2D eigenvalue weighted by molar-refractivity contribution is 6.48. The molecule has 0 amide bonds. The zero-order chi connectivity index (χ0) is 26.7. The lowest BCUT2D eigenvalue weighted by Crippen LogP contribution is -2.61. The van der Waals surface area contributed by atoms with E-state index in [0.29, 0.717) is 29.6 Å². The summed E-state index contributed by atoms with van der Waals surface area (Å²) in [5.41, 5.74) is 2.39. The Morgan fingerprint density at radius 1 is 1.16 bits per heavy atom. The third-order valence-electron chi connectivity index (χ3n) is 7.43. The second-order valence-corrected chi connectivity index (χ2v) is 13.9. The van der Waals surface area contributed by atoms with Crippen LogP contribution in [0.15, 0.2) is 36.5 Å². The van der Waals surface area contributed by atoms with Crippen LogP contribution < -0.4 is 15.0 Å². The van der Waals surface area contributed by atoms with Gasteiger partial charge in [0.05, 0.1) is 18.1 Å². The Labute approximate surface area is 222 Å². The minimum absolute atomic E-state index is 0.0918. The number of pyridine rings is 1. The number of nitrogens with zero attached hydrogens (tertiary/aromatic N) is 4. The average molecular weight is 528 g/mol. The fraction of sp³-hybridized carbons (Fsp3) is 0.593. The van der Waals surface area contributed by atoms with E-state index in [-0.39, 0.29) is 11.1 Å². The lowest BCUT2D eigenvalue weighted by atomic mass is 9.77. The maximum absolute atomic E-state index is 11.4. The number of hydrogen-bond donors (Lipinski definition) is 1. The molecular weight excluding hydrogens is 486 g/mol. The number of piperidine rings is 1. The predicted octanol–water partition coefficient (Wildman–Crippen LogP) is 5.06. The molecule has 1 aromatic heterocycles. The Hall–Kier alpha value is -2.69. The van der Waals surface area contributed by atoms with Crippen LogP contribution in [-0.2, 0) is 4.43 Å². The Morgan fingerprint density at radius 2 is 1.81 bits per heavy atom. The van der Waals surface area contributed by atoms with Gasteiger partial charge in [0, 0.05) is 36.6 Å². The minimum Gasteiger partial charge on any atom is -0.481 e. The number of nitrogens with one attached hydrogen (secondary N) is 1. The summed E-state index contributed by atoms with van der Waals surface area (Å²) in [4.78, 5) is 19.9. The molecule has 37 heavy (non-hydrogen) atoms. The summed E-state index contributed by atoms with van der Waals surface area (Å²) in [6, 6.07) is 10.2. The van der Waals surface area contributed by atoms with E-state index in [4.69, 9.17) is 9.16 Å². The Balaban J connectivity index is 1.29. The van der Waals surface area contributed by atoms with Crippen molar-refractivity contribution in [2.45, 2.75) is 58.9 Å². The molecule has 1 aromatic carbocycles. The van der Waals surface area contributed by atoms with Gasteiger partial charge in [0.2, 0.25) is 5.88 Å². The molecule has 1 N–H and O–H groups in total. The van der Waals surface area contributed by atoms with Gasteiger partial charge in [0.1, 0.15) is 11.9 Å². The van der Waals surface area contributed by atoms with Crippen LogP contribution in [0.5, 0.6) is 5.88 Å². The van der Waals surface area contributed by atoms with Gasteiger partial charge in [0.25, 0.3) is 0 Å². The van der Waals surface area contributed by atoms with E-state index < -0.39 is 14.0 Å². The number of likely N-dealkylation sites (tertiary alicyclic amines) is 1. The van der Waals surface area contributed by atoms with Crippen molar-refractivity contribution in [2.75, 3.05) is 43.5 Å². The van der Waals surface area contributed by atoms with Gasteiger partial charge in [-0.05, 0) is 74.6 Å². The molecular formula is C27H41N5O4Si. The van der Waals surface area contributed by atoms with Crippen LogP contribution in [0.3, 0.4) is 0 Å². The summed E-state index contributed by atoms with van der Waals surface area (Å²) in [5.74, 6) is 0.974. The summed E-state index contributed by atoms with van der Waals surface area (Å²) in [6.07, 6.45) is 4.00. The predicted molar refractivity (Wildman–Crippen MR) is 151 cm³/mol. The first-order chi connectivity index (χ1) is 17.5. The molecule has 0 radical (unpaired) electrons. The highest BCUT2D eigenvalue weighted by Crippen LogP contribution is 2.36. The maximum Gasteiger partial charge on any atom is 0.311 e. The second-order valence-electron chi connectivity index (χ2n) is 11.6. The van der Waals surface area contributed by atoms with E-state index in [2.05, 4.69) is 66.1 Å². The molecule has 2 aliphatic heterocycles. The standard InChI is InChI=1S/C27H41N5O4Si/c1-27(2,3)26(36-37(5)6)19-11-13-30(14-12-19)22-17-31(18-22)21-9-7-20(8-10-21)29-23-15-25(35-4)28-16-24(23)32(33)34/h7-10,15-16,19,22,26,37H,11-14,17-18H2,1-6H3,(H,28,29). The number of anilines is 3. The molecule has 4 rings (SSSR count). The smallest absolute Gasteiger partial charge is 0.311 e. The lowest BCUT2D eigenvalue weighted by Gasteiger charge is -2.50. The van der Waals surface area contributed by atoms with E-state index in [1.807, 2.05) is 12.1 Å². The number of hydrogen-bond acceptors (Lipinski definition) is 8. The molecule has 2 saturated heterocycles. The molecule has 202 valence electrons. The number of rotatable bonds is 9. The SMILES string of the molecule is COc1cc(Nc2ccc(N3CC(N4CCC(C(O[SiH](C)C)C(C)(C)C)CC4)C3)cc2)c([N+](=O)[O-])cn1. The van der Waals surface area contributed by atoms with Crippen molar-refractivity contribution in [2.24, 2.45) is 11.3 Å². The van der Waals surface area contributed by atoms with Crippen molar-refractivity contribution in [3.63, 3.8) is 0 Å². The van der Waals surface area contributed by atoms with Crippen molar-refractivity contribution in [1.29, 1.82) is 0 Å². The van der Waals surface area contributed by atoms with Gasteiger partial charge in [0.15, 0.2) is 9.04 Å². The normalized spacial score (nSPS) is 18.5. The largest absolute Gasteiger partial charge is 0.481 e. The van der Waals surface area contributed by atoms with Crippen LogP contribution >= 0.6 is 0 Å². The van der Waals surface area contributed by atoms with Gasteiger partial charge in [-0.15, -0.1) is 0 Å². The zero-order valence-corrected chi connectivity index (χ0v) is 24.1. The highest BCUT2D eigenvalue weighted by Gasteiger charge is 2.39. The molecule has 1 atom stereocenters. The number of aromatic nitrogens is 1. The first-order valence-electron chi connectivity index (χ1n) is 13.2. The Bertz CT molecular complexity index is 1060. The van der Waals surface area contributed by atoms with Crippen molar-refractivity contribution in [3.05, 3.63) is 46.6 Å². The monoisotopic (exact) mass is 527 g/mol. The summed E-state index contributed by atoms with van der Waals surface area (Å²) in [7, 11) is 0.415. The van der Waals surface area contributed by atoms with Crippen molar-refractivity contribution in [1.82, 2.24) is 9.88 Å². The first kappa shape index (κ1) is 27.3. The van der Waals surface area contributed by atoms with Crippen LogP contribution in [0, 0.1) is 21.4 Å². The van der Waals surface area contributed by atoms with E-state index in [9.17, 15) is 10.1 Å². The lowest BCUT2D eigenvalue weighted by molar-refractivity contribution is -0.384. The van der Waals surface area contributed by atoms with Gasteiger partial charge >= 0.3 is 5.69 Å². The average Bonchev–Trinajstić information content (AvgIpc) is 2.82. The summed E-state index contributed by atoms with van der Waals surface area (Å²) >= 11 is 0. The van der Waals surface area contributed by atoms with E-state index in [1.54, 1.807) is 0 Å². The summed E-state index contributed by atoms with van der Waals surface area (Å²) in [5, 5.41) is 14.5. The Kier molecular flexibility index (Phi) is 8.40. The third-order valence-corrected chi connectivity index (χ3v) is 8.27. The topological polar surface area (TPSA) is 93.0 Å². The molecule has 3 heterocycles. The van der Waals surface area contributed by atoms with Gasteiger partial charge in [-0.2, -0.15) is 0 Å². The van der Waals surface area contributed by atoms with Crippen molar-refractivity contribution < 1.29 is 14.1 Å². The molecule has 10 heteroatoms. The zero-order valence-electron chi connectivity index (χ0n) is 22.9.